The number of hydrogen-bond acceptors (Lipinski definition) is 3. The van der Waals surface area contributed by atoms with Crippen molar-refractivity contribution in [3.8, 4) is 0 Å². The fraction of sp³-hybridized carbons (Fsp3) is 0.333. The molecule has 1 aliphatic rings. The van der Waals surface area contributed by atoms with Crippen molar-refractivity contribution in [2.75, 3.05) is 6.54 Å². The minimum absolute atomic E-state index is 0.0752. The van der Waals surface area contributed by atoms with Crippen LogP contribution in [0.25, 0.3) is 10.9 Å². The zero-order chi connectivity index (χ0) is 25.0. The highest BCUT2D eigenvalue weighted by atomic mass is 32.1. The molecule has 0 radical (unpaired) electrons. The van der Waals surface area contributed by atoms with E-state index in [0.29, 0.717) is 18.5 Å². The largest absolute Gasteiger partial charge is 0.361 e. The normalized spacial score (nSPS) is 16.8. The number of benzene rings is 2. The molecule has 2 aromatic heterocycles. The van der Waals surface area contributed by atoms with Gasteiger partial charge in [-0.3, -0.25) is 9.59 Å². The van der Waals surface area contributed by atoms with Crippen molar-refractivity contribution in [2.45, 2.75) is 56.4 Å². The van der Waals surface area contributed by atoms with Crippen LogP contribution in [-0.2, 0) is 16.6 Å². The van der Waals surface area contributed by atoms with E-state index in [-0.39, 0.29) is 17.2 Å². The van der Waals surface area contributed by atoms with Gasteiger partial charge in [-0.2, -0.15) is 11.3 Å². The summed E-state index contributed by atoms with van der Waals surface area (Å²) in [5.41, 5.74) is 2.69. The number of hydrogen-bond donors (Lipinski definition) is 3. The maximum atomic E-state index is 13.9. The number of rotatable bonds is 8. The van der Waals surface area contributed by atoms with Crippen LogP contribution in [0.15, 0.2) is 77.6 Å². The Hall–Kier alpha value is -3.38. The molecule has 0 saturated heterocycles. The molecule has 1 fully saturated rings. The maximum Gasteiger partial charge on any atom is 0.252 e. The maximum absolute atomic E-state index is 13.9. The number of carbonyl (C=O) groups excluding carboxylic acids is 2. The molecule has 5 nitrogen and oxygen atoms in total. The zero-order valence-corrected chi connectivity index (χ0v) is 21.5. The van der Waals surface area contributed by atoms with Gasteiger partial charge in [0.1, 0.15) is 5.54 Å². The first-order valence-corrected chi connectivity index (χ1v) is 13.7. The van der Waals surface area contributed by atoms with E-state index in [4.69, 9.17) is 0 Å². The van der Waals surface area contributed by atoms with Crippen molar-refractivity contribution in [3.05, 3.63) is 94.3 Å². The third kappa shape index (κ3) is 4.96. The molecule has 2 amide bonds. The van der Waals surface area contributed by atoms with E-state index >= 15 is 0 Å². The second-order valence-electron chi connectivity index (χ2n) is 10.2. The molecule has 6 heteroatoms. The number of nitrogens with one attached hydrogen (secondary N) is 3. The predicted octanol–water partition coefficient (Wildman–Crippen LogP) is 5.98. The van der Waals surface area contributed by atoms with Gasteiger partial charge < -0.3 is 15.6 Å². The molecule has 0 bridgehead atoms. The van der Waals surface area contributed by atoms with Crippen LogP contribution in [0.1, 0.15) is 60.5 Å². The first kappa shape index (κ1) is 24.3. The molecule has 3 N–H and O–H groups in total. The highest BCUT2D eigenvalue weighted by Crippen LogP contribution is 2.39. The average molecular weight is 500 g/mol. The number of fused-ring (bicyclic) bond motifs is 1. The molecule has 1 unspecified atom stereocenters. The number of carbonyl (C=O) groups is 2. The van der Waals surface area contributed by atoms with Gasteiger partial charge in [-0.15, -0.1) is 0 Å². The summed E-state index contributed by atoms with van der Waals surface area (Å²) >= 11 is 1.47. The lowest BCUT2D eigenvalue weighted by molar-refractivity contribution is -0.127. The van der Waals surface area contributed by atoms with Crippen LogP contribution in [0.5, 0.6) is 0 Å². The van der Waals surface area contributed by atoms with Crippen LogP contribution in [0.3, 0.4) is 0 Å². The molecule has 4 aromatic rings. The minimum Gasteiger partial charge on any atom is -0.361 e. The van der Waals surface area contributed by atoms with Crippen molar-refractivity contribution in [3.63, 3.8) is 0 Å². The molecule has 1 atom stereocenters. The van der Waals surface area contributed by atoms with Crippen molar-refractivity contribution in [1.29, 1.82) is 0 Å². The van der Waals surface area contributed by atoms with Gasteiger partial charge in [0.25, 0.3) is 5.91 Å². The summed E-state index contributed by atoms with van der Waals surface area (Å²) in [6.07, 6.45) is 7.99. The Kier molecular flexibility index (Phi) is 6.97. The summed E-state index contributed by atoms with van der Waals surface area (Å²) in [6, 6.07) is 20.4. The van der Waals surface area contributed by atoms with Crippen LogP contribution < -0.4 is 10.6 Å². The van der Waals surface area contributed by atoms with Gasteiger partial charge in [0.05, 0.1) is 5.56 Å². The Morgan fingerprint density at radius 3 is 2.50 bits per heavy atom. The van der Waals surface area contributed by atoms with Crippen molar-refractivity contribution in [1.82, 2.24) is 15.6 Å². The van der Waals surface area contributed by atoms with E-state index in [0.717, 1.165) is 42.1 Å². The van der Waals surface area contributed by atoms with E-state index in [2.05, 4.69) is 39.9 Å². The molecule has 1 aliphatic carbocycles. The Bertz CT molecular complexity index is 1320. The lowest BCUT2D eigenvalue weighted by Crippen LogP contribution is -2.59. The third-order valence-electron chi connectivity index (χ3n) is 7.68. The second-order valence-corrected chi connectivity index (χ2v) is 11.0. The molecule has 2 aromatic carbocycles. The summed E-state index contributed by atoms with van der Waals surface area (Å²) in [5, 5.41) is 11.1. The number of aromatic amines is 1. The zero-order valence-electron chi connectivity index (χ0n) is 20.7. The molecular formula is C30H33N3O2S. The average Bonchev–Trinajstić information content (AvgIpc) is 3.59. The molecule has 1 saturated carbocycles. The molecule has 0 aliphatic heterocycles. The van der Waals surface area contributed by atoms with Gasteiger partial charge in [0.15, 0.2) is 0 Å². The highest BCUT2D eigenvalue weighted by Gasteiger charge is 2.39. The third-order valence-corrected chi connectivity index (χ3v) is 8.36. The van der Waals surface area contributed by atoms with Gasteiger partial charge in [-0.1, -0.05) is 67.8 Å². The Labute approximate surface area is 216 Å². The van der Waals surface area contributed by atoms with Gasteiger partial charge >= 0.3 is 0 Å². The lowest BCUT2D eigenvalue weighted by Gasteiger charge is -2.39. The fourth-order valence-electron chi connectivity index (χ4n) is 5.59. The van der Waals surface area contributed by atoms with Gasteiger partial charge in [-0.25, -0.2) is 0 Å². The summed E-state index contributed by atoms with van der Waals surface area (Å²) in [5.74, 6) is -0.388. The standard InChI is InChI=1S/C30H33N3O2S/c1-29(33-27(34)22-14-17-36-20-22,18-23-19-31-26-13-7-6-12-25(23)26)28(35)32-21-30(15-8-3-9-16-30)24-10-4-2-5-11-24/h2,4-7,10-14,17,19-20,31H,3,8-9,15-16,18,21H2,1H3,(H,32,35)(H,33,34). The monoisotopic (exact) mass is 499 g/mol. The molecule has 0 spiro atoms. The number of amides is 2. The van der Waals surface area contributed by atoms with Crippen LogP contribution in [0.4, 0.5) is 0 Å². The summed E-state index contributed by atoms with van der Waals surface area (Å²) < 4.78 is 0. The van der Waals surface area contributed by atoms with Crippen LogP contribution in [-0.4, -0.2) is 28.9 Å². The van der Waals surface area contributed by atoms with E-state index in [1.807, 2.05) is 54.2 Å². The molecule has 5 rings (SSSR count). The van der Waals surface area contributed by atoms with Gasteiger partial charge in [0.2, 0.25) is 5.91 Å². The Morgan fingerprint density at radius 1 is 1.00 bits per heavy atom. The topological polar surface area (TPSA) is 74.0 Å². The fourth-order valence-corrected chi connectivity index (χ4v) is 6.22. The van der Waals surface area contributed by atoms with E-state index in [1.165, 1.54) is 23.3 Å². The van der Waals surface area contributed by atoms with E-state index in [9.17, 15) is 9.59 Å². The van der Waals surface area contributed by atoms with Crippen LogP contribution in [0, 0.1) is 0 Å². The molecule has 2 heterocycles. The van der Waals surface area contributed by atoms with Crippen molar-refractivity contribution >= 4 is 34.1 Å². The van der Waals surface area contributed by atoms with Crippen molar-refractivity contribution < 1.29 is 9.59 Å². The van der Waals surface area contributed by atoms with Gasteiger partial charge in [-0.05, 0) is 48.4 Å². The first-order chi connectivity index (χ1) is 17.5. The SMILES string of the molecule is CC(Cc1c[nH]c2ccccc12)(NC(=O)c1ccsc1)C(=O)NCC1(c2ccccc2)CCCCC1. The van der Waals surface area contributed by atoms with Crippen molar-refractivity contribution in [2.24, 2.45) is 0 Å². The Balaban J connectivity index is 1.42. The second kappa shape index (κ2) is 10.3. The van der Waals surface area contributed by atoms with Crippen LogP contribution >= 0.6 is 11.3 Å². The molecule has 36 heavy (non-hydrogen) atoms. The molecular weight excluding hydrogens is 466 g/mol. The van der Waals surface area contributed by atoms with Gasteiger partial charge in [0, 0.05) is 40.9 Å². The van der Waals surface area contributed by atoms with Crippen LogP contribution in [0.2, 0.25) is 0 Å². The lowest BCUT2D eigenvalue weighted by atomic mass is 9.69. The number of para-hydroxylation sites is 1. The number of thiophene rings is 1. The smallest absolute Gasteiger partial charge is 0.252 e. The van der Waals surface area contributed by atoms with E-state index in [1.54, 1.807) is 6.07 Å². The minimum atomic E-state index is -1.11. The molecule has 186 valence electrons. The number of H-pyrrole nitrogens is 1. The summed E-state index contributed by atoms with van der Waals surface area (Å²) in [7, 11) is 0. The highest BCUT2D eigenvalue weighted by molar-refractivity contribution is 7.08. The van der Waals surface area contributed by atoms with E-state index < -0.39 is 5.54 Å². The quantitative estimate of drug-likeness (QED) is 0.279. The number of aromatic nitrogens is 1. The predicted molar refractivity (Wildman–Crippen MR) is 146 cm³/mol. The summed E-state index contributed by atoms with van der Waals surface area (Å²) in [4.78, 5) is 30.3. The summed E-state index contributed by atoms with van der Waals surface area (Å²) in [6.45, 7) is 2.40. The Morgan fingerprint density at radius 2 is 1.75 bits per heavy atom. The first-order valence-electron chi connectivity index (χ1n) is 12.7.